The number of aromatic amines is 1. The molecule has 1 aromatic heterocycles. The van der Waals surface area contributed by atoms with Crippen LogP contribution in [0.2, 0.25) is 0 Å². The summed E-state index contributed by atoms with van der Waals surface area (Å²) in [5.41, 5.74) is 0.291. The molecule has 100 valence electrons. The highest BCUT2D eigenvalue weighted by molar-refractivity contribution is 5.93. The number of nitrogens with zero attached hydrogens (tertiary/aromatic N) is 1. The second-order valence-electron chi connectivity index (χ2n) is 4.04. The van der Waals surface area contributed by atoms with E-state index in [0.29, 0.717) is 0 Å². The number of pyridine rings is 1. The largest absolute Gasteiger partial charge is 0.348 e. The Labute approximate surface area is 113 Å². The molecule has 0 unspecified atom stereocenters. The zero-order valence-corrected chi connectivity index (χ0v) is 10.3. The zero-order valence-electron chi connectivity index (χ0n) is 10.3. The number of rotatable bonds is 3. The Hall–Kier alpha value is -2.94. The van der Waals surface area contributed by atoms with Gasteiger partial charge in [-0.2, -0.15) is 5.26 Å². The van der Waals surface area contributed by atoms with E-state index in [1.165, 1.54) is 24.4 Å². The molecule has 5 nitrogen and oxygen atoms in total. The lowest BCUT2D eigenvalue weighted by atomic mass is 10.1. The summed E-state index contributed by atoms with van der Waals surface area (Å²) in [7, 11) is 0. The minimum Gasteiger partial charge on any atom is -0.348 e. The first-order chi connectivity index (χ1) is 9.60. The third kappa shape index (κ3) is 3.09. The molecule has 20 heavy (non-hydrogen) atoms. The van der Waals surface area contributed by atoms with Crippen LogP contribution in [0, 0.1) is 17.1 Å². The van der Waals surface area contributed by atoms with Crippen molar-refractivity contribution < 1.29 is 9.18 Å². The highest BCUT2D eigenvalue weighted by Gasteiger charge is 2.08. The fraction of sp³-hybridized carbons (Fsp3) is 0.0714. The predicted octanol–water partition coefficient (Wildman–Crippen LogP) is 1.32. The summed E-state index contributed by atoms with van der Waals surface area (Å²) in [4.78, 5) is 25.2. The van der Waals surface area contributed by atoms with Crippen LogP contribution in [0.5, 0.6) is 0 Å². The first-order valence-corrected chi connectivity index (χ1v) is 5.75. The number of hydrogen-bond donors (Lipinski definition) is 2. The normalized spacial score (nSPS) is 9.80. The number of carbonyl (C=O) groups is 1. The van der Waals surface area contributed by atoms with Crippen LogP contribution in [0.3, 0.4) is 0 Å². The number of carbonyl (C=O) groups excluding carboxylic acids is 1. The van der Waals surface area contributed by atoms with E-state index < -0.39 is 11.7 Å². The molecule has 0 aliphatic rings. The average Bonchev–Trinajstić information content (AvgIpc) is 2.45. The number of halogens is 1. The number of H-pyrrole nitrogens is 1. The molecule has 0 aliphatic heterocycles. The van der Waals surface area contributed by atoms with Crippen molar-refractivity contribution in [3.05, 3.63) is 69.4 Å². The summed E-state index contributed by atoms with van der Waals surface area (Å²) in [6.07, 6.45) is 1.36. The van der Waals surface area contributed by atoms with Crippen LogP contribution in [-0.2, 0) is 6.54 Å². The second-order valence-corrected chi connectivity index (χ2v) is 4.04. The van der Waals surface area contributed by atoms with E-state index in [-0.39, 0.29) is 28.8 Å². The van der Waals surface area contributed by atoms with Crippen molar-refractivity contribution in [2.45, 2.75) is 6.54 Å². The Morgan fingerprint density at radius 2 is 2.15 bits per heavy atom. The monoisotopic (exact) mass is 271 g/mol. The molecule has 1 aromatic carbocycles. The second kappa shape index (κ2) is 5.80. The van der Waals surface area contributed by atoms with Gasteiger partial charge in [0.15, 0.2) is 0 Å². The lowest BCUT2D eigenvalue weighted by Crippen LogP contribution is -2.24. The molecule has 1 amide bonds. The van der Waals surface area contributed by atoms with E-state index in [1.54, 1.807) is 0 Å². The molecule has 0 saturated carbocycles. The van der Waals surface area contributed by atoms with Crippen LogP contribution in [0.15, 0.2) is 41.3 Å². The number of nitriles is 1. The molecule has 0 bridgehead atoms. The van der Waals surface area contributed by atoms with Crippen LogP contribution in [-0.4, -0.2) is 10.9 Å². The van der Waals surface area contributed by atoms with E-state index in [4.69, 9.17) is 5.26 Å². The van der Waals surface area contributed by atoms with Crippen LogP contribution in [0.25, 0.3) is 0 Å². The van der Waals surface area contributed by atoms with Crippen LogP contribution >= 0.6 is 0 Å². The summed E-state index contributed by atoms with van der Waals surface area (Å²) in [5.74, 6) is -1.03. The van der Waals surface area contributed by atoms with Crippen molar-refractivity contribution in [2.75, 3.05) is 0 Å². The number of hydrogen-bond acceptors (Lipinski definition) is 3. The van der Waals surface area contributed by atoms with Crippen LogP contribution in [0.4, 0.5) is 4.39 Å². The molecule has 1 heterocycles. The van der Waals surface area contributed by atoms with Gasteiger partial charge in [-0.1, -0.05) is 6.07 Å². The van der Waals surface area contributed by atoms with Crippen LogP contribution < -0.4 is 10.9 Å². The summed E-state index contributed by atoms with van der Waals surface area (Å²) < 4.78 is 13.6. The fourth-order valence-electron chi connectivity index (χ4n) is 1.62. The molecule has 2 rings (SSSR count). The predicted molar refractivity (Wildman–Crippen MR) is 69.3 cm³/mol. The standard InChI is InChI=1S/C14H10FN3O2/c15-12-5-9(7-16)1-2-11(12)8-18-14(20)10-3-4-17-13(19)6-10/h1-6H,8H2,(H,17,19)(H,18,20). The highest BCUT2D eigenvalue weighted by atomic mass is 19.1. The van der Waals surface area contributed by atoms with Gasteiger partial charge in [0.25, 0.3) is 5.91 Å². The quantitative estimate of drug-likeness (QED) is 0.882. The molecule has 2 N–H and O–H groups in total. The third-order valence-electron chi connectivity index (χ3n) is 2.66. The third-order valence-corrected chi connectivity index (χ3v) is 2.66. The van der Waals surface area contributed by atoms with Crippen molar-refractivity contribution >= 4 is 5.91 Å². The molecule has 0 atom stereocenters. The number of amides is 1. The molecular weight excluding hydrogens is 261 g/mol. The fourth-order valence-corrected chi connectivity index (χ4v) is 1.62. The number of benzene rings is 1. The summed E-state index contributed by atoms with van der Waals surface area (Å²) in [5, 5.41) is 11.1. The molecule has 0 radical (unpaired) electrons. The number of nitrogens with one attached hydrogen (secondary N) is 2. The maximum Gasteiger partial charge on any atom is 0.251 e. The van der Waals surface area contributed by atoms with E-state index in [2.05, 4.69) is 10.3 Å². The molecular formula is C14H10FN3O2. The van der Waals surface area contributed by atoms with Crippen molar-refractivity contribution in [2.24, 2.45) is 0 Å². The van der Waals surface area contributed by atoms with Gasteiger partial charge in [0.05, 0.1) is 11.6 Å². The molecule has 0 spiro atoms. The van der Waals surface area contributed by atoms with Gasteiger partial charge in [0.1, 0.15) is 5.82 Å². The number of aromatic nitrogens is 1. The Kier molecular flexibility index (Phi) is 3.91. The smallest absolute Gasteiger partial charge is 0.251 e. The van der Waals surface area contributed by atoms with Gasteiger partial charge in [0, 0.05) is 29.9 Å². The first kappa shape index (κ1) is 13.5. The van der Waals surface area contributed by atoms with Crippen molar-refractivity contribution in [3.8, 4) is 6.07 Å². The molecule has 0 aliphatic carbocycles. The Morgan fingerprint density at radius 3 is 2.80 bits per heavy atom. The van der Waals surface area contributed by atoms with Crippen molar-refractivity contribution in [1.82, 2.24) is 10.3 Å². The Bertz CT molecular complexity index is 747. The average molecular weight is 271 g/mol. The summed E-state index contributed by atoms with van der Waals surface area (Å²) in [6, 6.07) is 8.45. The van der Waals surface area contributed by atoms with E-state index in [1.807, 2.05) is 6.07 Å². The molecule has 0 saturated heterocycles. The Balaban J connectivity index is 2.08. The van der Waals surface area contributed by atoms with Crippen molar-refractivity contribution in [1.29, 1.82) is 5.26 Å². The summed E-state index contributed by atoms with van der Waals surface area (Å²) in [6.45, 7) is -0.0246. The minimum atomic E-state index is -0.560. The lowest BCUT2D eigenvalue weighted by Gasteiger charge is -2.06. The zero-order chi connectivity index (χ0) is 14.5. The Morgan fingerprint density at radius 1 is 1.35 bits per heavy atom. The van der Waals surface area contributed by atoms with Gasteiger partial charge >= 0.3 is 0 Å². The van der Waals surface area contributed by atoms with E-state index >= 15 is 0 Å². The summed E-state index contributed by atoms with van der Waals surface area (Å²) >= 11 is 0. The molecule has 2 aromatic rings. The lowest BCUT2D eigenvalue weighted by molar-refractivity contribution is 0.0950. The van der Waals surface area contributed by atoms with Gasteiger partial charge in [-0.25, -0.2) is 4.39 Å². The van der Waals surface area contributed by atoms with Crippen LogP contribution in [0.1, 0.15) is 21.5 Å². The molecule has 0 fully saturated rings. The SMILES string of the molecule is N#Cc1ccc(CNC(=O)c2cc[nH]c(=O)c2)c(F)c1. The van der Waals surface area contributed by atoms with E-state index in [0.717, 1.165) is 12.1 Å². The van der Waals surface area contributed by atoms with Gasteiger partial charge in [-0.15, -0.1) is 0 Å². The van der Waals surface area contributed by atoms with Gasteiger partial charge in [0.2, 0.25) is 5.56 Å². The van der Waals surface area contributed by atoms with Gasteiger partial charge < -0.3 is 10.3 Å². The molecule has 6 heteroatoms. The van der Waals surface area contributed by atoms with E-state index in [9.17, 15) is 14.0 Å². The highest BCUT2D eigenvalue weighted by Crippen LogP contribution is 2.09. The maximum atomic E-state index is 13.6. The van der Waals surface area contributed by atoms with Crippen molar-refractivity contribution in [3.63, 3.8) is 0 Å². The topological polar surface area (TPSA) is 85.8 Å². The van der Waals surface area contributed by atoms with Gasteiger partial charge in [-0.05, 0) is 18.2 Å². The van der Waals surface area contributed by atoms with Gasteiger partial charge in [-0.3, -0.25) is 9.59 Å². The minimum absolute atomic E-state index is 0.0246. The maximum absolute atomic E-state index is 13.6. The first-order valence-electron chi connectivity index (χ1n) is 5.75.